The molecule has 1 aliphatic rings. The minimum Gasteiger partial charge on any atom is -0.393 e. The van der Waals surface area contributed by atoms with Crippen molar-refractivity contribution in [3.05, 3.63) is 29.0 Å². The highest BCUT2D eigenvalue weighted by Crippen LogP contribution is 2.23. The smallest absolute Gasteiger partial charge is 0.181 e. The predicted octanol–water partition coefficient (Wildman–Crippen LogP) is 2.76. The summed E-state index contributed by atoms with van der Waals surface area (Å²) >= 11 is 5.59. The van der Waals surface area contributed by atoms with Crippen molar-refractivity contribution in [1.29, 1.82) is 0 Å². The number of aromatic nitrogens is 2. The molecule has 1 aromatic heterocycles. The van der Waals surface area contributed by atoms with Gasteiger partial charge in [0, 0.05) is 20.1 Å². The van der Waals surface area contributed by atoms with Crippen LogP contribution in [0.1, 0.15) is 19.8 Å². The molecule has 2 aromatic rings. The Kier molecular flexibility index (Phi) is 4.15. The lowest BCUT2D eigenvalue weighted by atomic mass is 9.92. The van der Waals surface area contributed by atoms with Crippen molar-refractivity contribution in [2.45, 2.75) is 32.5 Å². The molecule has 0 bridgehead atoms. The Hall–Kier alpha value is -1.17. The van der Waals surface area contributed by atoms with E-state index in [4.69, 9.17) is 12.2 Å². The van der Waals surface area contributed by atoms with Crippen molar-refractivity contribution in [3.63, 3.8) is 0 Å². The summed E-state index contributed by atoms with van der Waals surface area (Å²) in [6, 6.07) is 8.36. The van der Waals surface area contributed by atoms with Gasteiger partial charge in [-0.05, 0) is 50.0 Å². The van der Waals surface area contributed by atoms with Gasteiger partial charge in [0.2, 0.25) is 0 Å². The van der Waals surface area contributed by atoms with Gasteiger partial charge in [-0.15, -0.1) is 0 Å². The monoisotopic (exact) mass is 305 g/mol. The number of likely N-dealkylation sites (tertiary alicyclic amines) is 1. The predicted molar refractivity (Wildman–Crippen MR) is 87.7 cm³/mol. The van der Waals surface area contributed by atoms with Crippen molar-refractivity contribution in [1.82, 2.24) is 14.0 Å². The van der Waals surface area contributed by atoms with Gasteiger partial charge in [-0.25, -0.2) is 0 Å². The molecule has 0 saturated carbocycles. The van der Waals surface area contributed by atoms with E-state index in [0.717, 1.165) is 37.4 Å². The van der Waals surface area contributed by atoms with E-state index in [1.54, 1.807) is 0 Å². The summed E-state index contributed by atoms with van der Waals surface area (Å²) < 4.78 is 5.16. The Labute approximate surface area is 130 Å². The maximum Gasteiger partial charge on any atom is 0.181 e. The SMILES string of the molecule is CC(O)C1CCN(Cn2c(=S)n(C)c3ccccc32)CC1. The fourth-order valence-corrected chi connectivity index (χ4v) is 3.53. The molecule has 4 nitrogen and oxygen atoms in total. The summed E-state index contributed by atoms with van der Waals surface area (Å²) in [5, 5.41) is 9.70. The number of piperidine rings is 1. The quantitative estimate of drug-likeness (QED) is 0.885. The second-order valence-corrected chi connectivity index (χ2v) is 6.46. The summed E-state index contributed by atoms with van der Waals surface area (Å²) in [4.78, 5) is 2.43. The van der Waals surface area contributed by atoms with Crippen LogP contribution in [0, 0.1) is 10.7 Å². The van der Waals surface area contributed by atoms with Gasteiger partial charge in [0.25, 0.3) is 0 Å². The summed E-state index contributed by atoms with van der Waals surface area (Å²) in [5.41, 5.74) is 2.38. The Bertz CT molecular complexity index is 680. The van der Waals surface area contributed by atoms with E-state index in [1.807, 2.05) is 14.0 Å². The van der Waals surface area contributed by atoms with Crippen LogP contribution in [0.5, 0.6) is 0 Å². The number of para-hydroxylation sites is 2. The summed E-state index contributed by atoms with van der Waals surface area (Å²) in [5.74, 6) is 0.446. The number of imidazole rings is 1. The molecular weight excluding hydrogens is 282 g/mol. The zero-order valence-corrected chi connectivity index (χ0v) is 13.5. The fraction of sp³-hybridized carbons (Fsp3) is 0.562. The van der Waals surface area contributed by atoms with E-state index in [0.29, 0.717) is 5.92 Å². The molecule has 0 spiro atoms. The van der Waals surface area contributed by atoms with Gasteiger partial charge >= 0.3 is 0 Å². The molecule has 1 aromatic carbocycles. The van der Waals surface area contributed by atoms with Crippen LogP contribution in [-0.2, 0) is 13.7 Å². The van der Waals surface area contributed by atoms with Gasteiger partial charge in [-0.1, -0.05) is 12.1 Å². The topological polar surface area (TPSA) is 33.3 Å². The number of aliphatic hydroxyl groups excluding tert-OH is 1. The van der Waals surface area contributed by atoms with E-state index < -0.39 is 0 Å². The normalized spacial score (nSPS) is 19.2. The Morgan fingerprint density at radius 1 is 1.24 bits per heavy atom. The summed E-state index contributed by atoms with van der Waals surface area (Å²) in [6.45, 7) is 4.80. The number of aryl methyl sites for hydroxylation is 1. The standard InChI is InChI=1S/C16H23N3OS/c1-12(20)13-7-9-18(10-8-13)11-19-15-6-4-3-5-14(15)17(2)16(19)21/h3-6,12-13,20H,7-11H2,1-2H3. The minimum absolute atomic E-state index is 0.188. The summed E-state index contributed by atoms with van der Waals surface area (Å²) in [7, 11) is 2.03. The molecular formula is C16H23N3OS. The molecule has 3 rings (SSSR count). The number of hydrogen-bond acceptors (Lipinski definition) is 3. The molecule has 1 saturated heterocycles. The first-order chi connectivity index (χ1) is 10.1. The first kappa shape index (κ1) is 14.8. The molecule has 0 radical (unpaired) electrons. The molecule has 0 aliphatic carbocycles. The van der Waals surface area contributed by atoms with Gasteiger partial charge in [0.1, 0.15) is 0 Å². The largest absolute Gasteiger partial charge is 0.393 e. The number of rotatable bonds is 3. The van der Waals surface area contributed by atoms with Crippen molar-refractivity contribution in [2.75, 3.05) is 13.1 Å². The molecule has 2 heterocycles. The van der Waals surface area contributed by atoms with Gasteiger partial charge in [0.05, 0.1) is 23.8 Å². The first-order valence-corrected chi connectivity index (χ1v) is 8.03. The number of benzene rings is 1. The lowest BCUT2D eigenvalue weighted by Crippen LogP contribution is -2.38. The van der Waals surface area contributed by atoms with E-state index in [1.165, 1.54) is 11.0 Å². The van der Waals surface area contributed by atoms with Gasteiger partial charge < -0.3 is 14.2 Å². The maximum absolute atomic E-state index is 9.70. The number of nitrogens with zero attached hydrogens (tertiary/aromatic N) is 3. The van der Waals surface area contributed by atoms with Crippen molar-refractivity contribution >= 4 is 23.3 Å². The Balaban J connectivity index is 1.80. The van der Waals surface area contributed by atoms with E-state index in [2.05, 4.69) is 38.3 Å². The van der Waals surface area contributed by atoms with Crippen LogP contribution in [0.4, 0.5) is 0 Å². The van der Waals surface area contributed by atoms with Crippen molar-refractivity contribution in [2.24, 2.45) is 13.0 Å². The van der Waals surface area contributed by atoms with E-state index >= 15 is 0 Å². The van der Waals surface area contributed by atoms with Gasteiger partial charge in [0.15, 0.2) is 4.77 Å². The van der Waals surface area contributed by atoms with Crippen LogP contribution in [0.2, 0.25) is 0 Å². The van der Waals surface area contributed by atoms with Crippen LogP contribution in [0.3, 0.4) is 0 Å². The average molecular weight is 305 g/mol. The van der Waals surface area contributed by atoms with E-state index in [9.17, 15) is 5.11 Å². The van der Waals surface area contributed by atoms with Gasteiger partial charge in [-0.2, -0.15) is 0 Å². The highest BCUT2D eigenvalue weighted by molar-refractivity contribution is 7.71. The molecule has 1 fully saturated rings. The van der Waals surface area contributed by atoms with Gasteiger partial charge in [-0.3, -0.25) is 4.90 Å². The molecule has 0 amide bonds. The molecule has 114 valence electrons. The first-order valence-electron chi connectivity index (χ1n) is 7.62. The van der Waals surface area contributed by atoms with E-state index in [-0.39, 0.29) is 6.10 Å². The second-order valence-electron chi connectivity index (χ2n) is 6.10. The Morgan fingerprint density at radius 3 is 2.48 bits per heavy atom. The third kappa shape index (κ3) is 2.78. The minimum atomic E-state index is -0.188. The van der Waals surface area contributed by atoms with Crippen LogP contribution >= 0.6 is 12.2 Å². The fourth-order valence-electron chi connectivity index (χ4n) is 3.28. The molecule has 1 N–H and O–H groups in total. The maximum atomic E-state index is 9.70. The zero-order chi connectivity index (χ0) is 15.0. The molecule has 1 unspecified atom stereocenters. The highest BCUT2D eigenvalue weighted by Gasteiger charge is 2.23. The Morgan fingerprint density at radius 2 is 1.86 bits per heavy atom. The lowest BCUT2D eigenvalue weighted by molar-refractivity contribution is 0.0616. The molecule has 1 atom stereocenters. The zero-order valence-electron chi connectivity index (χ0n) is 12.7. The number of hydrogen-bond donors (Lipinski definition) is 1. The lowest BCUT2D eigenvalue weighted by Gasteiger charge is -2.33. The van der Waals surface area contributed by atoms with Crippen LogP contribution in [0.15, 0.2) is 24.3 Å². The average Bonchev–Trinajstić information content (AvgIpc) is 2.73. The number of aliphatic hydroxyl groups is 1. The van der Waals surface area contributed by atoms with Crippen molar-refractivity contribution < 1.29 is 5.11 Å². The third-order valence-corrected chi connectivity index (χ3v) is 5.20. The highest BCUT2D eigenvalue weighted by atomic mass is 32.1. The third-order valence-electron chi connectivity index (χ3n) is 4.71. The molecule has 1 aliphatic heterocycles. The van der Waals surface area contributed by atoms with Crippen LogP contribution in [-0.4, -0.2) is 38.3 Å². The van der Waals surface area contributed by atoms with Crippen LogP contribution in [0.25, 0.3) is 11.0 Å². The van der Waals surface area contributed by atoms with Crippen LogP contribution < -0.4 is 0 Å². The molecule has 5 heteroatoms. The molecule has 21 heavy (non-hydrogen) atoms. The number of fused-ring (bicyclic) bond motifs is 1. The van der Waals surface area contributed by atoms with Crippen molar-refractivity contribution in [3.8, 4) is 0 Å². The summed E-state index contributed by atoms with van der Waals surface area (Å²) in [6.07, 6.45) is 1.94. The second kappa shape index (κ2) is 5.91.